The highest BCUT2D eigenvalue weighted by molar-refractivity contribution is 5.94. The Kier molecular flexibility index (Phi) is 9.35. The summed E-state index contributed by atoms with van der Waals surface area (Å²) in [5.41, 5.74) is -0.0603. The molecular weight excluding hydrogens is 344 g/mol. The molecule has 1 amide bonds. The molecule has 0 heterocycles. The first kappa shape index (κ1) is 21.3. The number of hydrogen-bond acceptors (Lipinski definition) is 4. The van der Waals surface area contributed by atoms with E-state index in [1.54, 1.807) is 14.0 Å². The predicted octanol–water partition coefficient (Wildman–Crippen LogP) is 3.11. The highest BCUT2D eigenvalue weighted by Gasteiger charge is 2.17. The van der Waals surface area contributed by atoms with Crippen molar-refractivity contribution in [3.63, 3.8) is 0 Å². The predicted molar refractivity (Wildman–Crippen MR) is 78.7 cm³/mol. The molecule has 1 aromatic carbocycles. The van der Waals surface area contributed by atoms with Gasteiger partial charge in [0.2, 0.25) is 5.91 Å². The highest BCUT2D eigenvalue weighted by Crippen LogP contribution is 2.31. The van der Waals surface area contributed by atoms with Crippen LogP contribution in [0.4, 0.5) is 23.2 Å². The molecule has 0 saturated carbocycles. The van der Waals surface area contributed by atoms with Crippen molar-refractivity contribution in [1.82, 2.24) is 5.32 Å². The number of amides is 1. The monoisotopic (exact) mass is 360 g/mol. The molecule has 2 N–H and O–H groups in total. The third-order valence-electron chi connectivity index (χ3n) is 2.61. The van der Waals surface area contributed by atoms with Crippen LogP contribution in [0.1, 0.15) is 6.92 Å². The highest BCUT2D eigenvalue weighted by atomic mass is 35.5. The quantitative estimate of drug-likeness (QED) is 0.699. The summed E-state index contributed by atoms with van der Waals surface area (Å²) in [6.07, 6.45) is 0. The van der Waals surface area contributed by atoms with Crippen LogP contribution in [0.2, 0.25) is 0 Å². The topological polar surface area (TPSA) is 59.6 Å². The van der Waals surface area contributed by atoms with Crippen LogP contribution < -0.4 is 20.1 Å². The number of carbonyl (C=O) groups excluding carboxylic acids is 1. The van der Waals surface area contributed by atoms with E-state index in [4.69, 9.17) is 0 Å². The maximum absolute atomic E-state index is 12.4. The van der Waals surface area contributed by atoms with Crippen LogP contribution in [0.15, 0.2) is 18.2 Å². The fourth-order valence-corrected chi connectivity index (χ4v) is 1.63. The molecule has 0 aromatic heterocycles. The number of halogens is 5. The molecule has 1 aromatic rings. The molecule has 0 saturated heterocycles. The van der Waals surface area contributed by atoms with Crippen molar-refractivity contribution in [2.24, 2.45) is 5.92 Å². The van der Waals surface area contributed by atoms with Crippen molar-refractivity contribution in [2.45, 2.75) is 20.1 Å². The van der Waals surface area contributed by atoms with Crippen molar-refractivity contribution in [3.8, 4) is 11.5 Å². The summed E-state index contributed by atoms with van der Waals surface area (Å²) in [6, 6.07) is 3.12. The van der Waals surface area contributed by atoms with Gasteiger partial charge < -0.3 is 20.1 Å². The van der Waals surface area contributed by atoms with Crippen molar-refractivity contribution >= 4 is 24.0 Å². The number of alkyl halides is 4. The molecule has 10 heteroatoms. The summed E-state index contributed by atoms with van der Waals surface area (Å²) in [7, 11) is 1.66. The molecular formula is C13H17ClF4N2O3. The Balaban J connectivity index is 0.00000484. The molecule has 0 radical (unpaired) electrons. The molecule has 0 aliphatic rings. The van der Waals surface area contributed by atoms with Crippen LogP contribution in [-0.4, -0.2) is 32.7 Å². The first-order valence-electron chi connectivity index (χ1n) is 6.32. The van der Waals surface area contributed by atoms with Crippen molar-refractivity contribution in [3.05, 3.63) is 18.2 Å². The summed E-state index contributed by atoms with van der Waals surface area (Å²) in [4.78, 5) is 11.9. The van der Waals surface area contributed by atoms with Crippen molar-refractivity contribution in [1.29, 1.82) is 0 Å². The number of benzene rings is 1. The molecule has 0 aliphatic heterocycles. The van der Waals surface area contributed by atoms with Crippen LogP contribution in [0.5, 0.6) is 11.5 Å². The van der Waals surface area contributed by atoms with E-state index in [0.29, 0.717) is 6.54 Å². The van der Waals surface area contributed by atoms with Crippen molar-refractivity contribution in [2.75, 3.05) is 18.9 Å². The molecule has 1 unspecified atom stereocenters. The summed E-state index contributed by atoms with van der Waals surface area (Å²) in [6.45, 7) is -4.26. The maximum Gasteiger partial charge on any atom is 0.387 e. The number of carbonyl (C=O) groups is 1. The zero-order valence-corrected chi connectivity index (χ0v) is 13.1. The molecule has 1 rings (SSSR count). The second kappa shape index (κ2) is 10.1. The zero-order valence-electron chi connectivity index (χ0n) is 12.3. The largest absolute Gasteiger partial charge is 0.435 e. The molecule has 0 fully saturated rings. The van der Waals surface area contributed by atoms with E-state index >= 15 is 0 Å². The van der Waals surface area contributed by atoms with E-state index in [0.717, 1.165) is 18.2 Å². The van der Waals surface area contributed by atoms with E-state index in [-0.39, 0.29) is 23.8 Å². The maximum atomic E-state index is 12.4. The second-order valence-corrected chi connectivity index (χ2v) is 4.36. The average molecular weight is 361 g/mol. The minimum Gasteiger partial charge on any atom is -0.435 e. The van der Waals surface area contributed by atoms with Gasteiger partial charge in [0.1, 0.15) is 5.75 Å². The Bertz CT molecular complexity index is 506. The molecule has 0 aliphatic carbocycles. The fourth-order valence-electron chi connectivity index (χ4n) is 1.63. The van der Waals surface area contributed by atoms with Gasteiger partial charge in [0.05, 0.1) is 5.69 Å². The first-order valence-corrected chi connectivity index (χ1v) is 6.32. The third kappa shape index (κ3) is 7.38. The third-order valence-corrected chi connectivity index (χ3v) is 2.61. The Morgan fingerprint density at radius 3 is 2.30 bits per heavy atom. The number of anilines is 1. The lowest BCUT2D eigenvalue weighted by Gasteiger charge is -2.16. The van der Waals surface area contributed by atoms with Gasteiger partial charge in [-0.25, -0.2) is 0 Å². The number of nitrogens with one attached hydrogen (secondary N) is 2. The fraction of sp³-hybridized carbons (Fsp3) is 0.462. The summed E-state index contributed by atoms with van der Waals surface area (Å²) in [5, 5.41) is 5.20. The van der Waals surface area contributed by atoms with Crippen LogP contribution in [-0.2, 0) is 4.79 Å². The Labute approximate surface area is 136 Å². The van der Waals surface area contributed by atoms with Crippen LogP contribution in [0.25, 0.3) is 0 Å². The molecule has 132 valence electrons. The minimum atomic E-state index is -3.17. The number of hydrogen-bond donors (Lipinski definition) is 2. The van der Waals surface area contributed by atoms with Gasteiger partial charge in [0, 0.05) is 18.5 Å². The molecule has 5 nitrogen and oxygen atoms in total. The SMILES string of the molecule is CNCC(C)C(=O)Nc1ccc(OC(F)F)cc1OC(F)F.Cl. The van der Waals surface area contributed by atoms with Gasteiger partial charge in [0.15, 0.2) is 5.75 Å². The lowest BCUT2D eigenvalue weighted by atomic mass is 10.1. The van der Waals surface area contributed by atoms with E-state index < -0.39 is 30.8 Å². The Hall–Kier alpha value is -1.74. The smallest absolute Gasteiger partial charge is 0.387 e. The molecule has 1 atom stereocenters. The van der Waals surface area contributed by atoms with Crippen LogP contribution in [0.3, 0.4) is 0 Å². The van der Waals surface area contributed by atoms with E-state index in [9.17, 15) is 22.4 Å². The first-order chi connectivity index (χ1) is 10.3. The van der Waals surface area contributed by atoms with E-state index in [1.807, 2.05) is 0 Å². The van der Waals surface area contributed by atoms with Gasteiger partial charge in [-0.1, -0.05) is 6.92 Å². The number of ether oxygens (including phenoxy) is 2. The zero-order chi connectivity index (χ0) is 16.7. The van der Waals surface area contributed by atoms with Crippen LogP contribution >= 0.6 is 12.4 Å². The Morgan fingerprint density at radius 2 is 1.78 bits per heavy atom. The molecule has 0 bridgehead atoms. The normalized spacial score (nSPS) is 11.8. The van der Waals surface area contributed by atoms with Crippen LogP contribution in [0, 0.1) is 5.92 Å². The lowest BCUT2D eigenvalue weighted by molar-refractivity contribution is -0.119. The van der Waals surface area contributed by atoms with Gasteiger partial charge in [-0.2, -0.15) is 17.6 Å². The summed E-state index contributed by atoms with van der Waals surface area (Å²) in [5.74, 6) is -1.68. The number of rotatable bonds is 8. The summed E-state index contributed by atoms with van der Waals surface area (Å²) >= 11 is 0. The van der Waals surface area contributed by atoms with Gasteiger partial charge in [0.25, 0.3) is 0 Å². The van der Waals surface area contributed by atoms with Gasteiger partial charge in [-0.05, 0) is 19.2 Å². The molecule has 23 heavy (non-hydrogen) atoms. The minimum absolute atomic E-state index is 0. The lowest BCUT2D eigenvalue weighted by Crippen LogP contribution is -2.28. The van der Waals surface area contributed by atoms with Gasteiger partial charge in [-0.15, -0.1) is 12.4 Å². The van der Waals surface area contributed by atoms with Gasteiger partial charge in [-0.3, -0.25) is 4.79 Å². The van der Waals surface area contributed by atoms with Gasteiger partial charge >= 0.3 is 13.2 Å². The Morgan fingerprint density at radius 1 is 1.17 bits per heavy atom. The molecule has 0 spiro atoms. The summed E-state index contributed by atoms with van der Waals surface area (Å²) < 4.78 is 57.3. The van der Waals surface area contributed by atoms with E-state index in [1.165, 1.54) is 0 Å². The van der Waals surface area contributed by atoms with Crippen molar-refractivity contribution < 1.29 is 31.8 Å². The van der Waals surface area contributed by atoms with E-state index in [2.05, 4.69) is 20.1 Å². The average Bonchev–Trinajstić information content (AvgIpc) is 2.40. The standard InChI is InChI=1S/C13H16F4N2O3.ClH/c1-7(6-18-2)11(20)19-9-4-3-8(21-12(14)15)5-10(9)22-13(16)17;/h3-5,7,12-13,18H,6H2,1-2H3,(H,19,20);1H. The second-order valence-electron chi connectivity index (χ2n) is 4.36.